The van der Waals surface area contributed by atoms with E-state index in [0.717, 1.165) is 48.0 Å². The number of benzene rings is 1. The predicted octanol–water partition coefficient (Wildman–Crippen LogP) is 3.53. The first-order chi connectivity index (χ1) is 17.1. The lowest BCUT2D eigenvalue weighted by Gasteiger charge is -2.35. The average Bonchev–Trinajstić information content (AvgIpc) is 3.14. The number of ether oxygens (including phenoxy) is 2. The number of carbonyl (C=O) groups is 1. The number of anilines is 1. The fourth-order valence-electron chi connectivity index (χ4n) is 5.92. The number of morpholine rings is 1. The Morgan fingerprint density at radius 3 is 2.58 bits per heavy atom. The maximum atomic E-state index is 12.2. The lowest BCUT2D eigenvalue weighted by atomic mass is 9.84. The molecule has 4 heterocycles. The summed E-state index contributed by atoms with van der Waals surface area (Å²) in [5.41, 5.74) is 4.11. The van der Waals surface area contributed by atoms with E-state index >= 15 is 0 Å². The van der Waals surface area contributed by atoms with Crippen molar-refractivity contribution < 1.29 is 14.3 Å². The molecule has 36 heavy (non-hydrogen) atoms. The minimum atomic E-state index is -0.115. The topological polar surface area (TPSA) is 89.5 Å². The molecule has 1 aliphatic carbocycles. The Bertz CT molecular complexity index is 1260. The van der Waals surface area contributed by atoms with Gasteiger partial charge in [-0.3, -0.25) is 4.79 Å². The summed E-state index contributed by atoms with van der Waals surface area (Å²) in [4.78, 5) is 29.6. The molecule has 3 fully saturated rings. The third kappa shape index (κ3) is 4.44. The first kappa shape index (κ1) is 24.9. The van der Waals surface area contributed by atoms with Crippen molar-refractivity contribution in [2.24, 2.45) is 11.8 Å². The van der Waals surface area contributed by atoms with Crippen LogP contribution in [0.4, 0.5) is 5.95 Å². The Labute approximate surface area is 218 Å². The highest BCUT2D eigenvalue weighted by atomic mass is 32.1. The van der Waals surface area contributed by atoms with Gasteiger partial charge in [0.25, 0.3) is 5.91 Å². The fourth-order valence-corrected chi connectivity index (χ4v) is 5.92. The summed E-state index contributed by atoms with van der Waals surface area (Å²) in [6.45, 7) is 5.85. The van der Waals surface area contributed by atoms with Gasteiger partial charge in [0, 0.05) is 36.0 Å². The molecule has 3 atom stereocenters. The van der Waals surface area contributed by atoms with Gasteiger partial charge >= 0.3 is 0 Å². The zero-order valence-electron chi connectivity index (χ0n) is 20.7. The van der Waals surface area contributed by atoms with Crippen LogP contribution in [0.1, 0.15) is 41.7 Å². The molecule has 0 spiro atoms. The highest BCUT2D eigenvalue weighted by Crippen LogP contribution is 2.48. The zero-order chi connectivity index (χ0) is 23.9. The number of pyridine rings is 1. The van der Waals surface area contributed by atoms with E-state index in [2.05, 4.69) is 23.2 Å². The molecule has 6 rings (SSSR count). The van der Waals surface area contributed by atoms with Crippen LogP contribution in [0.3, 0.4) is 0 Å². The molecular weight excluding hydrogens is 474 g/mol. The van der Waals surface area contributed by atoms with Gasteiger partial charge in [-0.1, -0.05) is 12.1 Å². The molecule has 2 aliphatic heterocycles. The number of fused-ring (bicyclic) bond motifs is 3. The quantitative estimate of drug-likeness (QED) is 0.578. The van der Waals surface area contributed by atoms with Crippen LogP contribution in [0.25, 0.3) is 22.3 Å². The number of rotatable bonds is 4. The minimum absolute atomic E-state index is 0. The number of hydrogen-bond donors (Lipinski definition) is 1. The van der Waals surface area contributed by atoms with Gasteiger partial charge in [0.1, 0.15) is 0 Å². The maximum absolute atomic E-state index is 12.2. The summed E-state index contributed by atoms with van der Waals surface area (Å²) in [5, 5.41) is 3.71. The second-order valence-corrected chi connectivity index (χ2v) is 9.91. The summed E-state index contributed by atoms with van der Waals surface area (Å²) in [7, 11) is 1.64. The molecular formula is C27H33N5O3S. The zero-order valence-corrected chi connectivity index (χ0v) is 21.7. The van der Waals surface area contributed by atoms with Gasteiger partial charge in [-0.15, -0.1) is 0 Å². The number of aromatic nitrogens is 3. The highest BCUT2D eigenvalue weighted by molar-refractivity contribution is 7.59. The second kappa shape index (κ2) is 10.3. The predicted molar refractivity (Wildman–Crippen MR) is 144 cm³/mol. The van der Waals surface area contributed by atoms with Gasteiger partial charge in [-0.25, -0.2) is 9.97 Å². The van der Waals surface area contributed by atoms with E-state index in [1.165, 1.54) is 12.8 Å². The van der Waals surface area contributed by atoms with Crippen molar-refractivity contribution in [3.63, 3.8) is 0 Å². The normalized spacial score (nSPS) is 25.4. The number of amides is 1. The van der Waals surface area contributed by atoms with Crippen LogP contribution in [0.15, 0.2) is 36.4 Å². The number of carbonyl (C=O) groups excluding carboxylic acids is 1. The summed E-state index contributed by atoms with van der Waals surface area (Å²) < 4.78 is 11.5. The minimum Gasteiger partial charge on any atom is -0.381 e. The Morgan fingerprint density at radius 1 is 1.03 bits per heavy atom. The van der Waals surface area contributed by atoms with Crippen LogP contribution in [0.5, 0.6) is 0 Å². The summed E-state index contributed by atoms with van der Waals surface area (Å²) in [5.74, 6) is 1.97. The average molecular weight is 508 g/mol. The smallest absolute Gasteiger partial charge is 0.251 e. The third-order valence-electron chi connectivity index (χ3n) is 7.75. The van der Waals surface area contributed by atoms with Gasteiger partial charge in [0.15, 0.2) is 5.65 Å². The molecule has 1 saturated carbocycles. The van der Waals surface area contributed by atoms with Crippen LogP contribution in [-0.2, 0) is 9.47 Å². The van der Waals surface area contributed by atoms with Gasteiger partial charge in [0.2, 0.25) is 5.95 Å². The molecule has 190 valence electrons. The molecule has 3 aliphatic rings. The van der Waals surface area contributed by atoms with E-state index in [9.17, 15) is 4.79 Å². The van der Waals surface area contributed by atoms with Crippen molar-refractivity contribution in [3.8, 4) is 11.3 Å². The molecule has 9 heteroatoms. The molecule has 2 saturated heterocycles. The van der Waals surface area contributed by atoms with Crippen LogP contribution in [0.2, 0.25) is 0 Å². The standard InChI is InChI=1S/C27H31N5O3.H2S/c1-16-13-34-11-10-32(16)27-30-24(23-19-6-7-20(23)15-35-14-19)21-8-9-22(29-25(21)31-27)17-4-3-5-18(12-17)26(33)28-2;/h3-5,8-9,12,16,19-20,23H,6-7,10-11,13-15H2,1-2H3,(H,28,33);1H2/t16-,19?,20?,23?;/m0./s1. The Balaban J connectivity index is 0.00000267. The number of hydrogen-bond acceptors (Lipinski definition) is 7. The summed E-state index contributed by atoms with van der Waals surface area (Å²) >= 11 is 0. The van der Waals surface area contributed by atoms with Crippen molar-refractivity contribution in [1.82, 2.24) is 20.3 Å². The molecule has 3 aromatic rings. The maximum Gasteiger partial charge on any atom is 0.251 e. The van der Waals surface area contributed by atoms with Gasteiger partial charge in [-0.2, -0.15) is 18.5 Å². The fraction of sp³-hybridized carbons (Fsp3) is 0.481. The van der Waals surface area contributed by atoms with E-state index in [-0.39, 0.29) is 25.4 Å². The van der Waals surface area contributed by atoms with Crippen molar-refractivity contribution in [1.29, 1.82) is 0 Å². The van der Waals surface area contributed by atoms with E-state index in [1.54, 1.807) is 7.05 Å². The lowest BCUT2D eigenvalue weighted by molar-refractivity contribution is 0.0315. The van der Waals surface area contributed by atoms with Crippen molar-refractivity contribution >= 4 is 36.4 Å². The Hall–Kier alpha value is -2.75. The highest BCUT2D eigenvalue weighted by Gasteiger charge is 2.42. The molecule has 2 unspecified atom stereocenters. The largest absolute Gasteiger partial charge is 0.381 e. The van der Waals surface area contributed by atoms with E-state index in [4.69, 9.17) is 24.4 Å². The van der Waals surface area contributed by atoms with Crippen molar-refractivity contribution in [3.05, 3.63) is 47.7 Å². The Morgan fingerprint density at radius 2 is 1.83 bits per heavy atom. The van der Waals surface area contributed by atoms with E-state index in [0.29, 0.717) is 42.2 Å². The lowest BCUT2D eigenvalue weighted by Crippen LogP contribution is -2.44. The monoisotopic (exact) mass is 507 g/mol. The first-order valence-electron chi connectivity index (χ1n) is 12.6. The van der Waals surface area contributed by atoms with Crippen LogP contribution in [-0.4, -0.2) is 66.9 Å². The summed E-state index contributed by atoms with van der Waals surface area (Å²) in [6, 6.07) is 11.9. The van der Waals surface area contributed by atoms with Crippen LogP contribution < -0.4 is 10.2 Å². The van der Waals surface area contributed by atoms with Gasteiger partial charge in [-0.05, 0) is 55.9 Å². The van der Waals surface area contributed by atoms with E-state index in [1.807, 2.05) is 30.3 Å². The molecule has 2 bridgehead atoms. The molecule has 1 aromatic carbocycles. The molecule has 0 radical (unpaired) electrons. The third-order valence-corrected chi connectivity index (χ3v) is 7.75. The van der Waals surface area contributed by atoms with Gasteiger partial charge in [0.05, 0.1) is 43.9 Å². The van der Waals surface area contributed by atoms with Gasteiger partial charge < -0.3 is 19.7 Å². The van der Waals surface area contributed by atoms with Crippen LogP contribution in [0, 0.1) is 11.8 Å². The number of nitrogens with zero attached hydrogens (tertiary/aromatic N) is 4. The molecule has 8 nitrogen and oxygen atoms in total. The number of nitrogens with one attached hydrogen (secondary N) is 1. The Kier molecular flexibility index (Phi) is 7.14. The second-order valence-electron chi connectivity index (χ2n) is 9.91. The molecule has 2 aromatic heterocycles. The van der Waals surface area contributed by atoms with Crippen molar-refractivity contribution in [2.45, 2.75) is 31.7 Å². The molecule has 1 amide bonds. The SMILES string of the molecule is CNC(=O)c1cccc(-c2ccc3c(C4C5CCC4COC5)nc(N4CCOC[C@@H]4C)nc3n2)c1.S. The first-order valence-corrected chi connectivity index (χ1v) is 12.6. The van der Waals surface area contributed by atoms with Crippen LogP contribution >= 0.6 is 13.5 Å². The molecule has 1 N–H and O–H groups in total. The summed E-state index contributed by atoms with van der Waals surface area (Å²) in [6.07, 6.45) is 2.36. The van der Waals surface area contributed by atoms with E-state index < -0.39 is 0 Å². The van der Waals surface area contributed by atoms with Crippen molar-refractivity contribution in [2.75, 3.05) is 44.9 Å².